The molecular weight excluding hydrogens is 252 g/mol. The highest BCUT2D eigenvalue weighted by Gasteiger charge is 2.11. The van der Waals surface area contributed by atoms with Gasteiger partial charge in [-0.25, -0.2) is 8.42 Å². The third kappa shape index (κ3) is 3.55. The summed E-state index contributed by atoms with van der Waals surface area (Å²) in [6.45, 7) is 0.0586. The summed E-state index contributed by atoms with van der Waals surface area (Å²) >= 11 is 5.88. The maximum atomic E-state index is 11.4. The van der Waals surface area contributed by atoms with Gasteiger partial charge in [0.05, 0.1) is 23.6 Å². The first-order valence-electron chi connectivity index (χ1n) is 4.52. The predicted molar refractivity (Wildman–Crippen MR) is 64.5 cm³/mol. The van der Waals surface area contributed by atoms with E-state index in [1.165, 1.54) is 19.2 Å². The fourth-order valence-corrected chi connectivity index (χ4v) is 2.28. The molecule has 16 heavy (non-hydrogen) atoms. The maximum absolute atomic E-state index is 11.4. The van der Waals surface area contributed by atoms with Gasteiger partial charge < -0.3 is 10.5 Å². The van der Waals surface area contributed by atoms with Gasteiger partial charge in [-0.15, -0.1) is 0 Å². The van der Waals surface area contributed by atoms with Crippen LogP contribution in [0.5, 0.6) is 5.75 Å². The van der Waals surface area contributed by atoms with E-state index >= 15 is 0 Å². The monoisotopic (exact) mass is 264 g/mol. The van der Waals surface area contributed by atoms with E-state index in [1.807, 2.05) is 0 Å². The van der Waals surface area contributed by atoms with Crippen molar-refractivity contribution in [2.24, 2.45) is 5.73 Å². The van der Waals surface area contributed by atoms with Gasteiger partial charge in [0.15, 0.2) is 0 Å². The van der Waals surface area contributed by atoms with E-state index < -0.39 is 10.0 Å². The van der Waals surface area contributed by atoms with Crippen molar-refractivity contribution in [2.45, 2.75) is 0 Å². The van der Waals surface area contributed by atoms with Gasteiger partial charge >= 0.3 is 0 Å². The van der Waals surface area contributed by atoms with Crippen molar-refractivity contribution in [2.75, 3.05) is 24.1 Å². The lowest BCUT2D eigenvalue weighted by Gasteiger charge is -2.09. The summed E-state index contributed by atoms with van der Waals surface area (Å²) in [6, 6.07) is 4.68. The highest BCUT2D eigenvalue weighted by molar-refractivity contribution is 7.92. The highest BCUT2D eigenvalue weighted by Crippen LogP contribution is 2.27. The lowest BCUT2D eigenvalue weighted by atomic mass is 10.3. The van der Waals surface area contributed by atoms with Crippen molar-refractivity contribution in [3.05, 3.63) is 23.2 Å². The quantitative estimate of drug-likeness (QED) is 0.833. The molecule has 0 saturated carbocycles. The Morgan fingerprint density at radius 3 is 2.69 bits per heavy atom. The van der Waals surface area contributed by atoms with Crippen molar-refractivity contribution >= 4 is 27.3 Å². The predicted octanol–water partition coefficient (Wildman–Crippen LogP) is 1.05. The fourth-order valence-electron chi connectivity index (χ4n) is 1.08. The molecule has 0 spiro atoms. The van der Waals surface area contributed by atoms with Crippen LogP contribution >= 0.6 is 11.6 Å². The van der Waals surface area contributed by atoms with Gasteiger partial charge in [0.1, 0.15) is 5.75 Å². The summed E-state index contributed by atoms with van der Waals surface area (Å²) in [4.78, 5) is 0. The SMILES string of the molecule is COc1ccc(NS(=O)(=O)CCN)c(Cl)c1. The van der Waals surface area contributed by atoms with Gasteiger partial charge in [-0.2, -0.15) is 0 Å². The summed E-state index contributed by atoms with van der Waals surface area (Å²) in [5, 5.41) is 0.278. The molecule has 0 unspecified atom stereocenters. The largest absolute Gasteiger partial charge is 0.497 e. The molecule has 0 atom stereocenters. The summed E-state index contributed by atoms with van der Waals surface area (Å²) in [5.74, 6) is 0.418. The van der Waals surface area contributed by atoms with Gasteiger partial charge in [-0.3, -0.25) is 4.72 Å². The second kappa shape index (κ2) is 5.38. The Hall–Kier alpha value is -0.980. The van der Waals surface area contributed by atoms with E-state index in [4.69, 9.17) is 22.1 Å². The third-order valence-corrected chi connectivity index (χ3v) is 3.45. The number of sulfonamides is 1. The standard InChI is InChI=1S/C9H13ClN2O3S/c1-15-7-2-3-9(8(10)6-7)12-16(13,14)5-4-11/h2-3,6,12H,4-5,11H2,1H3. The topological polar surface area (TPSA) is 81.4 Å². The van der Waals surface area contributed by atoms with Crippen LogP contribution in [-0.2, 0) is 10.0 Å². The number of methoxy groups -OCH3 is 1. The van der Waals surface area contributed by atoms with Crippen molar-refractivity contribution in [1.82, 2.24) is 0 Å². The number of anilines is 1. The Kier molecular flexibility index (Phi) is 4.40. The van der Waals surface area contributed by atoms with Crippen molar-refractivity contribution in [3.63, 3.8) is 0 Å². The van der Waals surface area contributed by atoms with Crippen molar-refractivity contribution < 1.29 is 13.2 Å². The molecule has 0 aliphatic heterocycles. The minimum Gasteiger partial charge on any atom is -0.497 e. The number of ether oxygens (including phenoxy) is 1. The van der Waals surface area contributed by atoms with Crippen LogP contribution in [0, 0.1) is 0 Å². The first kappa shape index (κ1) is 13.1. The number of hydrogen-bond donors (Lipinski definition) is 2. The average Bonchev–Trinajstić information content (AvgIpc) is 2.20. The Morgan fingerprint density at radius 2 is 2.19 bits per heavy atom. The molecule has 0 heterocycles. The normalized spacial score (nSPS) is 11.2. The van der Waals surface area contributed by atoms with Crippen LogP contribution < -0.4 is 15.2 Å². The summed E-state index contributed by atoms with van der Waals surface area (Å²) in [6.07, 6.45) is 0. The summed E-state index contributed by atoms with van der Waals surface area (Å²) in [7, 11) is -1.92. The third-order valence-electron chi connectivity index (χ3n) is 1.83. The number of nitrogens with one attached hydrogen (secondary N) is 1. The second-order valence-corrected chi connectivity index (χ2v) is 5.30. The Morgan fingerprint density at radius 1 is 1.50 bits per heavy atom. The van der Waals surface area contributed by atoms with E-state index in [0.717, 1.165) is 0 Å². The molecule has 1 aromatic rings. The smallest absolute Gasteiger partial charge is 0.234 e. The van der Waals surface area contributed by atoms with Crippen LogP contribution in [0.3, 0.4) is 0 Å². The lowest BCUT2D eigenvalue weighted by Crippen LogP contribution is -2.22. The zero-order valence-electron chi connectivity index (χ0n) is 8.73. The number of halogens is 1. The van der Waals surface area contributed by atoms with Gasteiger partial charge in [-0.1, -0.05) is 11.6 Å². The highest BCUT2D eigenvalue weighted by atomic mass is 35.5. The second-order valence-electron chi connectivity index (χ2n) is 3.06. The average molecular weight is 265 g/mol. The molecule has 0 aliphatic carbocycles. The van der Waals surface area contributed by atoms with Crippen LogP contribution in [-0.4, -0.2) is 27.8 Å². The van der Waals surface area contributed by atoms with Crippen LogP contribution in [0.15, 0.2) is 18.2 Å². The molecule has 0 aliphatic rings. The van der Waals surface area contributed by atoms with E-state index in [1.54, 1.807) is 6.07 Å². The van der Waals surface area contributed by atoms with Crippen LogP contribution in [0.2, 0.25) is 5.02 Å². The van der Waals surface area contributed by atoms with E-state index in [9.17, 15) is 8.42 Å². The number of benzene rings is 1. The molecule has 0 bridgehead atoms. The summed E-state index contributed by atoms with van der Waals surface area (Å²) in [5.41, 5.74) is 5.50. The Labute approximate surface area is 99.6 Å². The molecule has 5 nitrogen and oxygen atoms in total. The molecule has 0 aromatic heterocycles. The van der Waals surface area contributed by atoms with E-state index in [-0.39, 0.29) is 17.3 Å². The van der Waals surface area contributed by atoms with E-state index in [0.29, 0.717) is 11.4 Å². The fraction of sp³-hybridized carbons (Fsp3) is 0.333. The van der Waals surface area contributed by atoms with Crippen LogP contribution in [0.1, 0.15) is 0 Å². The molecular formula is C9H13ClN2O3S. The van der Waals surface area contributed by atoms with Crippen molar-refractivity contribution in [3.8, 4) is 5.75 Å². The van der Waals surface area contributed by atoms with Crippen LogP contribution in [0.4, 0.5) is 5.69 Å². The lowest BCUT2D eigenvalue weighted by molar-refractivity contribution is 0.415. The molecule has 1 rings (SSSR count). The molecule has 90 valence electrons. The molecule has 0 radical (unpaired) electrons. The first-order valence-corrected chi connectivity index (χ1v) is 6.55. The number of hydrogen-bond acceptors (Lipinski definition) is 4. The van der Waals surface area contributed by atoms with Gasteiger partial charge in [0, 0.05) is 12.6 Å². The number of rotatable bonds is 5. The van der Waals surface area contributed by atoms with Crippen molar-refractivity contribution in [1.29, 1.82) is 0 Å². The summed E-state index contributed by atoms with van der Waals surface area (Å²) < 4.78 is 30.1. The first-order chi connectivity index (χ1) is 7.48. The minimum atomic E-state index is -3.43. The zero-order valence-corrected chi connectivity index (χ0v) is 10.3. The molecule has 0 fully saturated rings. The maximum Gasteiger partial charge on any atom is 0.234 e. The van der Waals surface area contributed by atoms with Gasteiger partial charge in [0.25, 0.3) is 0 Å². The van der Waals surface area contributed by atoms with Gasteiger partial charge in [-0.05, 0) is 12.1 Å². The van der Waals surface area contributed by atoms with E-state index in [2.05, 4.69) is 4.72 Å². The van der Waals surface area contributed by atoms with Gasteiger partial charge in [0.2, 0.25) is 10.0 Å². The Bertz CT molecular complexity index is 462. The number of nitrogens with two attached hydrogens (primary N) is 1. The molecule has 7 heteroatoms. The molecule has 0 saturated heterocycles. The molecule has 0 amide bonds. The Balaban J connectivity index is 2.90. The zero-order chi connectivity index (χ0) is 12.2. The minimum absolute atomic E-state index is 0.0586. The molecule has 1 aromatic carbocycles. The molecule has 3 N–H and O–H groups in total. The van der Waals surface area contributed by atoms with Crippen LogP contribution in [0.25, 0.3) is 0 Å².